The number of piperazine rings is 1. The molecule has 3 rings (SSSR count). The van der Waals surface area contributed by atoms with Gasteiger partial charge in [0.1, 0.15) is 0 Å². The van der Waals surface area contributed by atoms with Gasteiger partial charge in [0.25, 0.3) is 0 Å². The molecular weight excluding hydrogens is 458 g/mol. The summed E-state index contributed by atoms with van der Waals surface area (Å²) < 4.78 is 56.1. The van der Waals surface area contributed by atoms with E-state index in [9.17, 15) is 16.8 Å². The molecule has 0 unspecified atom stereocenters. The van der Waals surface area contributed by atoms with Gasteiger partial charge in [-0.25, -0.2) is 21.6 Å². The highest BCUT2D eigenvalue weighted by atomic mass is 32.2. The minimum atomic E-state index is -3.60. The number of hydrogen-bond acceptors (Lipinski definition) is 5. The lowest BCUT2D eigenvalue weighted by Gasteiger charge is -2.34. The first-order valence-electron chi connectivity index (χ1n) is 11.2. The van der Waals surface area contributed by atoms with Crippen molar-refractivity contribution in [2.24, 2.45) is 0 Å². The van der Waals surface area contributed by atoms with Crippen LogP contribution in [0.5, 0.6) is 0 Å². The average molecular weight is 494 g/mol. The van der Waals surface area contributed by atoms with Gasteiger partial charge in [0, 0.05) is 39.3 Å². The van der Waals surface area contributed by atoms with Crippen LogP contribution in [0.2, 0.25) is 0 Å². The van der Waals surface area contributed by atoms with Gasteiger partial charge in [-0.15, -0.1) is 0 Å². The second-order valence-corrected chi connectivity index (χ2v) is 12.5. The molecule has 1 fully saturated rings. The van der Waals surface area contributed by atoms with Crippen LogP contribution in [-0.4, -0.2) is 65.3 Å². The fraction of sp³-hybridized carbons (Fsp3) is 0.500. The summed E-state index contributed by atoms with van der Waals surface area (Å²) in [5, 5.41) is 0. The summed E-state index contributed by atoms with van der Waals surface area (Å²) in [6, 6.07) is 7.03. The molecule has 0 bridgehead atoms. The van der Waals surface area contributed by atoms with E-state index in [1.165, 1.54) is 4.31 Å². The van der Waals surface area contributed by atoms with Crippen LogP contribution in [0.1, 0.15) is 33.4 Å². The van der Waals surface area contributed by atoms with E-state index >= 15 is 0 Å². The zero-order chi connectivity index (χ0) is 24.6. The maximum Gasteiger partial charge on any atom is 0.243 e. The molecular formula is C24H35N3O4S2. The van der Waals surface area contributed by atoms with Gasteiger partial charge in [-0.3, -0.25) is 4.90 Å². The summed E-state index contributed by atoms with van der Waals surface area (Å²) >= 11 is 0. The molecule has 1 saturated heterocycles. The van der Waals surface area contributed by atoms with E-state index in [1.807, 2.05) is 53.7 Å². The molecule has 0 saturated carbocycles. The first-order valence-corrected chi connectivity index (χ1v) is 14.1. The Hall–Kier alpha value is -1.78. The molecule has 1 aliphatic heterocycles. The van der Waals surface area contributed by atoms with Crippen molar-refractivity contribution < 1.29 is 16.8 Å². The molecule has 182 valence electrons. The van der Waals surface area contributed by atoms with Gasteiger partial charge in [-0.05, 0) is 87.1 Å². The van der Waals surface area contributed by atoms with E-state index in [-0.39, 0.29) is 6.54 Å². The average Bonchev–Trinajstić information content (AvgIpc) is 2.76. The summed E-state index contributed by atoms with van der Waals surface area (Å²) in [5.41, 5.74) is 5.69. The number of sulfonamides is 2. The predicted octanol–water partition coefficient (Wildman–Crippen LogP) is 2.82. The van der Waals surface area contributed by atoms with Crippen LogP contribution in [-0.2, 0) is 20.0 Å². The van der Waals surface area contributed by atoms with Crippen LogP contribution >= 0.6 is 0 Å². The van der Waals surface area contributed by atoms with Gasteiger partial charge in [0.05, 0.1) is 9.79 Å². The van der Waals surface area contributed by atoms with Gasteiger partial charge in [0.15, 0.2) is 0 Å². The molecule has 0 amide bonds. The molecule has 33 heavy (non-hydrogen) atoms. The van der Waals surface area contributed by atoms with Crippen molar-refractivity contribution in [2.75, 3.05) is 39.3 Å². The Morgan fingerprint density at radius 2 is 1.18 bits per heavy atom. The number of nitrogens with zero attached hydrogens (tertiary/aromatic N) is 2. The molecule has 0 spiro atoms. The number of aryl methyl sites for hydroxylation is 2. The molecule has 1 N–H and O–H groups in total. The minimum Gasteiger partial charge on any atom is -0.299 e. The van der Waals surface area contributed by atoms with E-state index in [4.69, 9.17) is 0 Å². The van der Waals surface area contributed by atoms with E-state index in [0.717, 1.165) is 33.4 Å². The smallest absolute Gasteiger partial charge is 0.243 e. The molecule has 1 heterocycles. The molecule has 2 aromatic carbocycles. The second-order valence-electron chi connectivity index (χ2n) is 8.90. The summed E-state index contributed by atoms with van der Waals surface area (Å²) in [5.74, 6) is 0. The fourth-order valence-electron chi connectivity index (χ4n) is 4.18. The summed E-state index contributed by atoms with van der Waals surface area (Å²) in [7, 11) is -7.15. The third-order valence-corrected chi connectivity index (χ3v) is 10.6. The summed E-state index contributed by atoms with van der Waals surface area (Å²) in [6.45, 7) is 14.2. The second kappa shape index (κ2) is 9.84. The SMILES string of the molecule is Cc1ccc(S(=O)(=O)NCCN2CCN(S(=O)(=O)c3ccc(C)c(C)c3C)CC2)c(C)c1C. The van der Waals surface area contributed by atoms with E-state index in [2.05, 4.69) is 9.62 Å². The van der Waals surface area contributed by atoms with Crippen molar-refractivity contribution in [1.29, 1.82) is 0 Å². The fourth-order valence-corrected chi connectivity index (χ4v) is 7.20. The zero-order valence-electron chi connectivity index (χ0n) is 20.4. The van der Waals surface area contributed by atoms with E-state index in [1.54, 1.807) is 12.1 Å². The van der Waals surface area contributed by atoms with Crippen molar-refractivity contribution in [3.63, 3.8) is 0 Å². The predicted molar refractivity (Wildman–Crippen MR) is 132 cm³/mol. The Morgan fingerprint density at radius 3 is 1.73 bits per heavy atom. The highest BCUT2D eigenvalue weighted by molar-refractivity contribution is 7.89. The molecule has 2 aromatic rings. The lowest BCUT2D eigenvalue weighted by molar-refractivity contribution is 0.191. The van der Waals surface area contributed by atoms with Crippen molar-refractivity contribution in [3.8, 4) is 0 Å². The van der Waals surface area contributed by atoms with Crippen LogP contribution in [0.3, 0.4) is 0 Å². The van der Waals surface area contributed by atoms with Crippen LogP contribution in [0.25, 0.3) is 0 Å². The van der Waals surface area contributed by atoms with Gasteiger partial charge in [-0.2, -0.15) is 4.31 Å². The normalized spacial score (nSPS) is 16.3. The van der Waals surface area contributed by atoms with Gasteiger partial charge in [0.2, 0.25) is 20.0 Å². The van der Waals surface area contributed by atoms with Crippen LogP contribution in [0, 0.1) is 41.5 Å². The number of benzene rings is 2. The lowest BCUT2D eigenvalue weighted by atomic mass is 10.1. The largest absolute Gasteiger partial charge is 0.299 e. The molecule has 0 aliphatic carbocycles. The Balaban J connectivity index is 1.58. The highest BCUT2D eigenvalue weighted by Crippen LogP contribution is 2.25. The lowest BCUT2D eigenvalue weighted by Crippen LogP contribution is -2.50. The number of nitrogens with one attached hydrogen (secondary N) is 1. The Morgan fingerprint density at radius 1 is 0.697 bits per heavy atom. The standard InChI is InChI=1S/C24H35N3O4S2/c1-17-7-9-23(21(5)19(17)3)32(28,29)25-11-12-26-13-15-27(16-14-26)33(30,31)24-10-8-18(2)20(4)22(24)6/h7-10,25H,11-16H2,1-6H3. The molecule has 0 aromatic heterocycles. The van der Waals surface area contributed by atoms with Gasteiger partial charge < -0.3 is 0 Å². The maximum atomic E-state index is 13.2. The first kappa shape index (κ1) is 25.8. The zero-order valence-corrected chi connectivity index (χ0v) is 22.0. The summed E-state index contributed by atoms with van der Waals surface area (Å²) in [4.78, 5) is 2.77. The molecule has 7 nitrogen and oxygen atoms in total. The van der Waals surface area contributed by atoms with Crippen LogP contribution < -0.4 is 4.72 Å². The Labute approximate surface area is 198 Å². The monoisotopic (exact) mass is 493 g/mol. The van der Waals surface area contributed by atoms with Crippen LogP contribution in [0.15, 0.2) is 34.1 Å². The van der Waals surface area contributed by atoms with E-state index < -0.39 is 20.0 Å². The topological polar surface area (TPSA) is 86.8 Å². The number of hydrogen-bond donors (Lipinski definition) is 1. The molecule has 0 atom stereocenters. The van der Waals surface area contributed by atoms with Crippen LogP contribution in [0.4, 0.5) is 0 Å². The minimum absolute atomic E-state index is 0.276. The first-order chi connectivity index (χ1) is 15.4. The summed E-state index contributed by atoms with van der Waals surface area (Å²) in [6.07, 6.45) is 0. The third-order valence-electron chi connectivity index (χ3n) is 6.98. The van der Waals surface area contributed by atoms with Crippen molar-refractivity contribution in [3.05, 3.63) is 57.6 Å². The Bertz CT molecular complexity index is 1240. The highest BCUT2D eigenvalue weighted by Gasteiger charge is 2.30. The van der Waals surface area contributed by atoms with Crippen molar-refractivity contribution in [1.82, 2.24) is 13.9 Å². The van der Waals surface area contributed by atoms with Crippen molar-refractivity contribution >= 4 is 20.0 Å². The Kier molecular flexibility index (Phi) is 7.70. The van der Waals surface area contributed by atoms with E-state index in [0.29, 0.717) is 42.5 Å². The maximum absolute atomic E-state index is 13.2. The van der Waals surface area contributed by atoms with Gasteiger partial charge >= 0.3 is 0 Å². The molecule has 0 radical (unpaired) electrons. The quantitative estimate of drug-likeness (QED) is 0.641. The molecule has 1 aliphatic rings. The van der Waals surface area contributed by atoms with Gasteiger partial charge in [-0.1, -0.05) is 12.1 Å². The molecule has 9 heteroatoms. The van der Waals surface area contributed by atoms with Crippen molar-refractivity contribution in [2.45, 2.75) is 51.3 Å². The number of rotatable bonds is 7. The third kappa shape index (κ3) is 5.33.